The Hall–Kier alpha value is -2.29. The van der Waals surface area contributed by atoms with E-state index in [4.69, 9.17) is 4.74 Å². The number of rotatable bonds is 7. The molecule has 0 unspecified atom stereocenters. The Morgan fingerprint density at radius 2 is 1.48 bits per heavy atom. The normalized spacial score (nSPS) is 11.2. The van der Waals surface area contributed by atoms with Gasteiger partial charge in [-0.3, -0.25) is 4.79 Å². The summed E-state index contributed by atoms with van der Waals surface area (Å²) in [6.45, 7) is 7.28. The molecule has 2 aromatic rings. The van der Waals surface area contributed by atoms with Gasteiger partial charge in [-0.05, 0) is 47.1 Å². The summed E-state index contributed by atoms with van der Waals surface area (Å²) in [5.41, 5.74) is 3.88. The Balaban J connectivity index is 1.71. The SMILES string of the molecule is COc1ccc(CCNC(=O)CCc2ccc(C(C)(C)C)cc2)cc1. The molecular formula is C22H29NO2. The maximum atomic E-state index is 12.0. The fourth-order valence-electron chi connectivity index (χ4n) is 2.66. The van der Waals surface area contributed by atoms with Crippen LogP contribution in [0, 0.1) is 0 Å². The van der Waals surface area contributed by atoms with Crippen LogP contribution in [0.3, 0.4) is 0 Å². The summed E-state index contributed by atoms with van der Waals surface area (Å²) >= 11 is 0. The van der Waals surface area contributed by atoms with Crippen LogP contribution in [0.15, 0.2) is 48.5 Å². The van der Waals surface area contributed by atoms with Crippen LogP contribution >= 0.6 is 0 Å². The second-order valence-corrected chi connectivity index (χ2v) is 7.39. The minimum atomic E-state index is 0.105. The zero-order chi connectivity index (χ0) is 18.3. The summed E-state index contributed by atoms with van der Waals surface area (Å²) < 4.78 is 5.14. The minimum absolute atomic E-state index is 0.105. The Kier molecular flexibility index (Phi) is 6.63. The molecule has 2 rings (SSSR count). The predicted octanol–water partition coefficient (Wildman–Crippen LogP) is 4.28. The first-order chi connectivity index (χ1) is 11.9. The molecule has 0 aliphatic rings. The molecule has 3 nitrogen and oxygen atoms in total. The number of benzene rings is 2. The fourth-order valence-corrected chi connectivity index (χ4v) is 2.66. The molecule has 0 radical (unpaired) electrons. The van der Waals surface area contributed by atoms with E-state index in [0.29, 0.717) is 13.0 Å². The molecule has 0 spiro atoms. The van der Waals surface area contributed by atoms with Crippen LogP contribution in [0.5, 0.6) is 5.75 Å². The van der Waals surface area contributed by atoms with Gasteiger partial charge in [-0.2, -0.15) is 0 Å². The first kappa shape index (κ1) is 19.0. The van der Waals surface area contributed by atoms with Crippen LogP contribution in [0.1, 0.15) is 43.9 Å². The van der Waals surface area contributed by atoms with E-state index in [1.54, 1.807) is 7.11 Å². The van der Waals surface area contributed by atoms with E-state index in [1.165, 1.54) is 16.7 Å². The van der Waals surface area contributed by atoms with Crippen molar-refractivity contribution in [1.29, 1.82) is 0 Å². The van der Waals surface area contributed by atoms with E-state index in [-0.39, 0.29) is 11.3 Å². The maximum Gasteiger partial charge on any atom is 0.220 e. The Morgan fingerprint density at radius 3 is 2.04 bits per heavy atom. The molecule has 2 aromatic carbocycles. The van der Waals surface area contributed by atoms with Crippen molar-refractivity contribution in [3.05, 3.63) is 65.2 Å². The quantitative estimate of drug-likeness (QED) is 0.817. The molecule has 0 aromatic heterocycles. The van der Waals surface area contributed by atoms with Crippen LogP contribution in [0.4, 0.5) is 0 Å². The van der Waals surface area contributed by atoms with Gasteiger partial charge in [0.25, 0.3) is 0 Å². The zero-order valence-corrected chi connectivity index (χ0v) is 15.8. The lowest BCUT2D eigenvalue weighted by Crippen LogP contribution is -2.25. The molecule has 1 amide bonds. The van der Waals surface area contributed by atoms with Crippen molar-refractivity contribution in [2.75, 3.05) is 13.7 Å². The summed E-state index contributed by atoms with van der Waals surface area (Å²) in [5, 5.41) is 3.00. The van der Waals surface area contributed by atoms with Gasteiger partial charge < -0.3 is 10.1 Å². The number of aryl methyl sites for hydroxylation is 1. The highest BCUT2D eigenvalue weighted by Gasteiger charge is 2.12. The number of ether oxygens (including phenoxy) is 1. The minimum Gasteiger partial charge on any atom is -0.497 e. The molecule has 0 aliphatic heterocycles. The van der Waals surface area contributed by atoms with E-state index in [9.17, 15) is 4.79 Å². The number of amides is 1. The second-order valence-electron chi connectivity index (χ2n) is 7.39. The van der Waals surface area contributed by atoms with Crippen molar-refractivity contribution >= 4 is 5.91 Å². The topological polar surface area (TPSA) is 38.3 Å². The molecule has 134 valence electrons. The lowest BCUT2D eigenvalue weighted by molar-refractivity contribution is -0.121. The van der Waals surface area contributed by atoms with Crippen molar-refractivity contribution in [1.82, 2.24) is 5.32 Å². The van der Waals surface area contributed by atoms with Crippen molar-refractivity contribution < 1.29 is 9.53 Å². The average molecular weight is 339 g/mol. The molecule has 0 heterocycles. The number of hydrogen-bond donors (Lipinski definition) is 1. The van der Waals surface area contributed by atoms with E-state index >= 15 is 0 Å². The zero-order valence-electron chi connectivity index (χ0n) is 15.8. The highest BCUT2D eigenvalue weighted by molar-refractivity contribution is 5.76. The van der Waals surface area contributed by atoms with E-state index in [1.807, 2.05) is 24.3 Å². The van der Waals surface area contributed by atoms with E-state index in [2.05, 4.69) is 50.4 Å². The third kappa shape index (κ3) is 6.26. The molecule has 0 atom stereocenters. The highest BCUT2D eigenvalue weighted by Crippen LogP contribution is 2.22. The molecule has 0 fully saturated rings. The lowest BCUT2D eigenvalue weighted by Gasteiger charge is -2.19. The van der Waals surface area contributed by atoms with Gasteiger partial charge in [-0.25, -0.2) is 0 Å². The third-order valence-electron chi connectivity index (χ3n) is 4.36. The van der Waals surface area contributed by atoms with Gasteiger partial charge in [0.05, 0.1) is 7.11 Å². The lowest BCUT2D eigenvalue weighted by atomic mass is 9.86. The summed E-state index contributed by atoms with van der Waals surface area (Å²) in [6.07, 6.45) is 2.13. The molecular weight excluding hydrogens is 310 g/mol. The third-order valence-corrected chi connectivity index (χ3v) is 4.36. The Bertz CT molecular complexity index is 667. The van der Waals surface area contributed by atoms with Gasteiger partial charge in [0.15, 0.2) is 0 Å². The standard InChI is InChI=1S/C22H29NO2/c1-22(2,3)19-10-5-17(6-11-19)9-14-21(24)23-16-15-18-7-12-20(25-4)13-8-18/h5-8,10-13H,9,14-16H2,1-4H3,(H,23,24). The Morgan fingerprint density at radius 1 is 0.920 bits per heavy atom. The fraction of sp³-hybridized carbons (Fsp3) is 0.409. The number of hydrogen-bond acceptors (Lipinski definition) is 2. The van der Waals surface area contributed by atoms with Gasteiger partial charge in [0, 0.05) is 13.0 Å². The highest BCUT2D eigenvalue weighted by atomic mass is 16.5. The molecule has 0 aliphatic carbocycles. The number of nitrogens with one attached hydrogen (secondary N) is 1. The maximum absolute atomic E-state index is 12.0. The van der Waals surface area contributed by atoms with E-state index in [0.717, 1.165) is 18.6 Å². The molecule has 0 bridgehead atoms. The van der Waals surface area contributed by atoms with Crippen LogP contribution < -0.4 is 10.1 Å². The molecule has 0 saturated carbocycles. The van der Waals surface area contributed by atoms with Crippen molar-refractivity contribution in [3.8, 4) is 5.75 Å². The summed E-state index contributed by atoms with van der Waals surface area (Å²) in [5.74, 6) is 0.957. The molecule has 0 saturated heterocycles. The molecule has 3 heteroatoms. The van der Waals surface area contributed by atoms with Crippen LogP contribution in [0.2, 0.25) is 0 Å². The molecule has 1 N–H and O–H groups in total. The first-order valence-corrected chi connectivity index (χ1v) is 8.87. The van der Waals surface area contributed by atoms with Gasteiger partial charge >= 0.3 is 0 Å². The Labute approximate surface area is 151 Å². The molecule has 25 heavy (non-hydrogen) atoms. The van der Waals surface area contributed by atoms with Gasteiger partial charge in [0.1, 0.15) is 5.75 Å². The number of carbonyl (C=O) groups is 1. The second kappa shape index (κ2) is 8.70. The summed E-state index contributed by atoms with van der Waals surface area (Å²) in [6, 6.07) is 16.5. The first-order valence-electron chi connectivity index (χ1n) is 8.87. The number of methoxy groups -OCH3 is 1. The smallest absolute Gasteiger partial charge is 0.220 e. The van der Waals surface area contributed by atoms with Crippen molar-refractivity contribution in [2.45, 2.75) is 45.4 Å². The van der Waals surface area contributed by atoms with Gasteiger partial charge in [-0.15, -0.1) is 0 Å². The average Bonchev–Trinajstić information content (AvgIpc) is 2.60. The van der Waals surface area contributed by atoms with E-state index < -0.39 is 0 Å². The predicted molar refractivity (Wildman–Crippen MR) is 103 cm³/mol. The summed E-state index contributed by atoms with van der Waals surface area (Å²) in [7, 11) is 1.66. The van der Waals surface area contributed by atoms with Gasteiger partial charge in [-0.1, -0.05) is 57.2 Å². The summed E-state index contributed by atoms with van der Waals surface area (Å²) in [4.78, 5) is 12.0. The largest absolute Gasteiger partial charge is 0.497 e. The monoisotopic (exact) mass is 339 g/mol. The number of carbonyl (C=O) groups excluding carboxylic acids is 1. The van der Waals surface area contributed by atoms with Crippen molar-refractivity contribution in [3.63, 3.8) is 0 Å². The van der Waals surface area contributed by atoms with Crippen molar-refractivity contribution in [2.24, 2.45) is 0 Å². The van der Waals surface area contributed by atoms with Crippen LogP contribution in [-0.4, -0.2) is 19.6 Å². The van der Waals surface area contributed by atoms with Gasteiger partial charge in [0.2, 0.25) is 5.91 Å². The van der Waals surface area contributed by atoms with Crippen LogP contribution in [-0.2, 0) is 23.1 Å². The van der Waals surface area contributed by atoms with Crippen LogP contribution in [0.25, 0.3) is 0 Å².